The number of hydrogen-bond acceptors (Lipinski definition) is 2. The van der Waals surface area contributed by atoms with Crippen molar-refractivity contribution in [2.45, 2.75) is 25.8 Å². The van der Waals surface area contributed by atoms with E-state index in [2.05, 4.69) is 4.90 Å². The highest BCUT2D eigenvalue weighted by Gasteiger charge is 2.11. The summed E-state index contributed by atoms with van der Waals surface area (Å²) in [6, 6.07) is 4.79. The first-order valence-electron chi connectivity index (χ1n) is 5.75. The number of carbonyl (C=O) groups is 1. The maximum Gasteiger partial charge on any atom is 0.153 e. The summed E-state index contributed by atoms with van der Waals surface area (Å²) in [7, 11) is 0. The zero-order valence-electron chi connectivity index (χ0n) is 9.29. The van der Waals surface area contributed by atoms with Gasteiger partial charge >= 0.3 is 0 Å². The Bertz CT molecular complexity index is 372. The van der Waals surface area contributed by atoms with Crippen molar-refractivity contribution < 1.29 is 9.18 Å². The van der Waals surface area contributed by atoms with Gasteiger partial charge in [0.15, 0.2) is 6.29 Å². The van der Waals surface area contributed by atoms with Crippen molar-refractivity contribution in [1.29, 1.82) is 0 Å². The predicted octanol–water partition coefficient (Wildman–Crippen LogP) is 2.62. The largest absolute Gasteiger partial charge is 0.299 e. The standard InChI is InChI=1S/C13H16FNO/c14-13-5-4-11(8-12(13)10-16)9-15-6-2-1-3-7-15/h4-5,8,10H,1-3,6-7,9H2. The molecule has 0 amide bonds. The highest BCUT2D eigenvalue weighted by molar-refractivity contribution is 5.75. The number of hydrogen-bond donors (Lipinski definition) is 0. The molecule has 1 heterocycles. The third kappa shape index (κ3) is 2.67. The van der Waals surface area contributed by atoms with Gasteiger partial charge in [0, 0.05) is 6.54 Å². The van der Waals surface area contributed by atoms with E-state index in [1.807, 2.05) is 0 Å². The molecule has 0 unspecified atom stereocenters. The van der Waals surface area contributed by atoms with Crippen LogP contribution in [0, 0.1) is 5.82 Å². The minimum Gasteiger partial charge on any atom is -0.299 e. The van der Waals surface area contributed by atoms with E-state index < -0.39 is 5.82 Å². The quantitative estimate of drug-likeness (QED) is 0.731. The predicted molar refractivity (Wildman–Crippen MR) is 60.9 cm³/mol. The summed E-state index contributed by atoms with van der Waals surface area (Å²) in [5.74, 6) is -0.433. The molecule has 3 heteroatoms. The van der Waals surface area contributed by atoms with Gasteiger partial charge in [-0.2, -0.15) is 0 Å². The normalized spacial score (nSPS) is 17.3. The van der Waals surface area contributed by atoms with Gasteiger partial charge in [0.25, 0.3) is 0 Å². The summed E-state index contributed by atoms with van der Waals surface area (Å²) in [5, 5.41) is 0. The Morgan fingerprint density at radius 2 is 2.00 bits per heavy atom. The van der Waals surface area contributed by atoms with Crippen LogP contribution in [0.25, 0.3) is 0 Å². The highest BCUT2D eigenvalue weighted by atomic mass is 19.1. The Morgan fingerprint density at radius 1 is 1.25 bits per heavy atom. The third-order valence-corrected chi connectivity index (χ3v) is 3.04. The molecule has 86 valence electrons. The van der Waals surface area contributed by atoms with Gasteiger partial charge in [-0.05, 0) is 43.6 Å². The van der Waals surface area contributed by atoms with Gasteiger partial charge in [-0.15, -0.1) is 0 Å². The Balaban J connectivity index is 2.05. The summed E-state index contributed by atoms with van der Waals surface area (Å²) in [4.78, 5) is 13.0. The number of benzene rings is 1. The van der Waals surface area contributed by atoms with Crippen molar-refractivity contribution in [3.63, 3.8) is 0 Å². The molecule has 1 saturated heterocycles. The van der Waals surface area contributed by atoms with Gasteiger partial charge in [0.1, 0.15) is 5.82 Å². The van der Waals surface area contributed by atoms with Crippen molar-refractivity contribution in [3.8, 4) is 0 Å². The van der Waals surface area contributed by atoms with E-state index in [0.717, 1.165) is 25.2 Å². The molecular formula is C13H16FNO. The van der Waals surface area contributed by atoms with E-state index in [4.69, 9.17) is 0 Å². The molecule has 1 aromatic rings. The van der Waals surface area contributed by atoms with Crippen LogP contribution in [0.3, 0.4) is 0 Å². The van der Waals surface area contributed by atoms with E-state index in [-0.39, 0.29) is 5.56 Å². The number of rotatable bonds is 3. The van der Waals surface area contributed by atoms with Crippen molar-refractivity contribution in [2.75, 3.05) is 13.1 Å². The summed E-state index contributed by atoms with van der Waals surface area (Å²) < 4.78 is 13.1. The maximum atomic E-state index is 13.1. The molecule has 0 aliphatic carbocycles. The van der Waals surface area contributed by atoms with E-state index in [0.29, 0.717) is 6.29 Å². The van der Waals surface area contributed by atoms with Gasteiger partial charge in [-0.25, -0.2) is 4.39 Å². The molecule has 0 spiro atoms. The van der Waals surface area contributed by atoms with Crippen LogP contribution >= 0.6 is 0 Å². The van der Waals surface area contributed by atoms with E-state index in [9.17, 15) is 9.18 Å². The Morgan fingerprint density at radius 3 is 2.69 bits per heavy atom. The smallest absolute Gasteiger partial charge is 0.153 e. The minimum absolute atomic E-state index is 0.162. The Kier molecular flexibility index (Phi) is 3.67. The zero-order valence-corrected chi connectivity index (χ0v) is 9.29. The summed E-state index contributed by atoms with van der Waals surface area (Å²) >= 11 is 0. The van der Waals surface area contributed by atoms with Crippen LogP contribution in [0.2, 0.25) is 0 Å². The number of halogens is 1. The van der Waals surface area contributed by atoms with Crippen molar-refractivity contribution in [1.82, 2.24) is 4.90 Å². The second-order valence-corrected chi connectivity index (χ2v) is 4.31. The maximum absolute atomic E-state index is 13.1. The van der Waals surface area contributed by atoms with Crippen molar-refractivity contribution >= 4 is 6.29 Å². The molecule has 1 aromatic carbocycles. The molecule has 1 aliphatic rings. The van der Waals surface area contributed by atoms with Gasteiger partial charge in [-0.1, -0.05) is 12.5 Å². The fourth-order valence-corrected chi connectivity index (χ4v) is 2.16. The lowest BCUT2D eigenvalue weighted by Crippen LogP contribution is -2.29. The van der Waals surface area contributed by atoms with Crippen LogP contribution in [0.15, 0.2) is 18.2 Å². The van der Waals surface area contributed by atoms with E-state index >= 15 is 0 Å². The molecule has 0 saturated carbocycles. The molecule has 0 aromatic heterocycles. The van der Waals surface area contributed by atoms with E-state index in [1.54, 1.807) is 12.1 Å². The van der Waals surface area contributed by atoms with Crippen molar-refractivity contribution in [3.05, 3.63) is 35.1 Å². The van der Waals surface area contributed by atoms with Crippen LogP contribution in [-0.2, 0) is 6.54 Å². The fraction of sp³-hybridized carbons (Fsp3) is 0.462. The van der Waals surface area contributed by atoms with Crippen LogP contribution in [0.5, 0.6) is 0 Å². The second kappa shape index (κ2) is 5.21. The molecule has 0 bridgehead atoms. The molecule has 1 fully saturated rings. The number of nitrogens with zero attached hydrogens (tertiary/aromatic N) is 1. The average Bonchev–Trinajstić information content (AvgIpc) is 2.33. The first kappa shape index (κ1) is 11.3. The average molecular weight is 221 g/mol. The number of carbonyl (C=O) groups excluding carboxylic acids is 1. The Labute approximate surface area is 95.1 Å². The fourth-order valence-electron chi connectivity index (χ4n) is 2.16. The second-order valence-electron chi connectivity index (χ2n) is 4.31. The first-order chi connectivity index (χ1) is 7.79. The molecule has 0 N–H and O–H groups in total. The topological polar surface area (TPSA) is 20.3 Å². The van der Waals surface area contributed by atoms with Gasteiger partial charge in [0.05, 0.1) is 5.56 Å². The van der Waals surface area contributed by atoms with Crippen LogP contribution < -0.4 is 0 Å². The van der Waals surface area contributed by atoms with Gasteiger partial charge < -0.3 is 0 Å². The third-order valence-electron chi connectivity index (χ3n) is 3.04. The molecule has 1 aliphatic heterocycles. The summed E-state index contributed by atoms with van der Waals surface area (Å²) in [6.07, 6.45) is 4.36. The first-order valence-corrected chi connectivity index (χ1v) is 5.75. The summed E-state index contributed by atoms with van der Waals surface area (Å²) in [6.45, 7) is 3.03. The highest BCUT2D eigenvalue weighted by Crippen LogP contribution is 2.15. The lowest BCUT2D eigenvalue weighted by atomic mass is 10.1. The number of likely N-dealkylation sites (tertiary alicyclic amines) is 1. The van der Waals surface area contributed by atoms with Gasteiger partial charge in [0.2, 0.25) is 0 Å². The monoisotopic (exact) mass is 221 g/mol. The molecule has 0 radical (unpaired) electrons. The lowest BCUT2D eigenvalue weighted by molar-refractivity contribution is 0.111. The van der Waals surface area contributed by atoms with Crippen LogP contribution in [0.4, 0.5) is 4.39 Å². The van der Waals surface area contributed by atoms with Crippen LogP contribution in [0.1, 0.15) is 35.2 Å². The molecule has 2 rings (SSSR count). The Hall–Kier alpha value is -1.22. The SMILES string of the molecule is O=Cc1cc(CN2CCCCC2)ccc1F. The molecule has 0 atom stereocenters. The van der Waals surface area contributed by atoms with Crippen molar-refractivity contribution in [2.24, 2.45) is 0 Å². The van der Waals surface area contributed by atoms with Crippen LogP contribution in [-0.4, -0.2) is 24.3 Å². The summed E-state index contributed by atoms with van der Waals surface area (Å²) in [5.41, 5.74) is 1.18. The minimum atomic E-state index is -0.433. The van der Waals surface area contributed by atoms with E-state index in [1.165, 1.54) is 25.3 Å². The number of aldehydes is 1. The zero-order chi connectivity index (χ0) is 11.4. The van der Waals surface area contributed by atoms with Gasteiger partial charge in [-0.3, -0.25) is 9.69 Å². The molecular weight excluding hydrogens is 205 g/mol. The molecule has 2 nitrogen and oxygen atoms in total. The molecule has 16 heavy (non-hydrogen) atoms. The lowest BCUT2D eigenvalue weighted by Gasteiger charge is -2.26. The number of piperidine rings is 1.